The predicted molar refractivity (Wildman–Crippen MR) is 503 cm³/mol. The van der Waals surface area contributed by atoms with Crippen LogP contribution < -0.4 is 0 Å². The van der Waals surface area contributed by atoms with Gasteiger partial charge in [0, 0.05) is 26.4 Å². The number of rotatable bonds is 13. The Bertz CT molecular complexity index is 2490. The number of ether oxygens (including phenoxy) is 10. The maximum absolute atomic E-state index is 11.4. The molecule has 0 bridgehead atoms. The van der Waals surface area contributed by atoms with Crippen LogP contribution in [0.4, 0.5) is 0 Å². The predicted octanol–water partition coefficient (Wildman–Crippen LogP) is 19.6. The van der Waals surface area contributed by atoms with E-state index in [1.54, 1.807) is 0 Å². The Hall–Kier alpha value is -0.840. The molecule has 21 heteroatoms. The normalized spacial score (nSPS) is 40.0. The lowest BCUT2D eigenvalue weighted by atomic mass is 9.88. The van der Waals surface area contributed by atoms with Gasteiger partial charge in [-0.1, -0.05) is 368 Å². The van der Waals surface area contributed by atoms with Crippen molar-refractivity contribution in [2.24, 2.45) is 94.7 Å². The Balaban J connectivity index is 1.26. The van der Waals surface area contributed by atoms with E-state index in [0.717, 1.165) is 104 Å². The molecule has 4 aliphatic rings. The Morgan fingerprint density at radius 1 is 0.256 bits per heavy atom. The number of hydrogen-bond acceptors (Lipinski definition) is 21. The van der Waals surface area contributed by atoms with Crippen molar-refractivity contribution in [1.82, 2.24) is 0 Å². The van der Waals surface area contributed by atoms with Gasteiger partial charge in [0.15, 0.2) is 18.9 Å². The van der Waals surface area contributed by atoms with Gasteiger partial charge in [-0.2, -0.15) is 0 Å². The van der Waals surface area contributed by atoms with Crippen LogP contribution >= 0.6 is 0 Å². The topological polar surface area (TPSA) is 315 Å². The summed E-state index contributed by atoms with van der Waals surface area (Å²) in [4.78, 5) is 0. The first-order chi connectivity index (χ1) is 59.8. The maximum atomic E-state index is 11.4. The summed E-state index contributed by atoms with van der Waals surface area (Å²) < 4.78 is 61.2. The highest BCUT2D eigenvalue weighted by Gasteiger charge is 2.53. The third kappa shape index (κ3) is 51.6. The van der Waals surface area contributed by atoms with Crippen molar-refractivity contribution in [2.45, 2.75) is 498 Å². The fourth-order valence-corrected chi connectivity index (χ4v) is 19.7. The molecule has 33 atom stereocenters. The molecule has 4 rings (SSSR count). The molecule has 0 aromatic carbocycles. The van der Waals surface area contributed by atoms with Crippen LogP contribution in [0, 0.1) is 94.7 Å². The Kier molecular flexibility index (Phi) is 64.3. The zero-order chi connectivity index (χ0) is 92.0. The molecular weight excluding hydrogens is 1590 g/mol. The molecule has 4 heterocycles. The van der Waals surface area contributed by atoms with E-state index < -0.39 is 118 Å². The van der Waals surface area contributed by atoms with Crippen molar-refractivity contribution in [3.05, 3.63) is 0 Å². The van der Waals surface area contributed by atoms with Gasteiger partial charge >= 0.3 is 0 Å². The van der Waals surface area contributed by atoms with Gasteiger partial charge in [0.05, 0.1) is 46.2 Å². The number of aliphatic hydroxyl groups excluding tert-OH is 11. The molecule has 0 aromatic heterocycles. The highest BCUT2D eigenvalue weighted by molar-refractivity contribution is 4.96. The summed E-state index contributed by atoms with van der Waals surface area (Å²) in [6.45, 7) is 39.7. The third-order valence-corrected chi connectivity index (χ3v) is 29.7. The van der Waals surface area contributed by atoms with Crippen LogP contribution in [0.3, 0.4) is 0 Å². The lowest BCUT2D eigenvalue weighted by molar-refractivity contribution is -0.327. The summed E-state index contributed by atoms with van der Waals surface area (Å²) in [7, 11) is 0. The largest absolute Gasteiger partial charge is 0.394 e. The summed E-state index contributed by atoms with van der Waals surface area (Å²) in [6.07, 6.45) is 32.8. The lowest BCUT2D eigenvalue weighted by Crippen LogP contribution is -2.60. The minimum atomic E-state index is -1.75. The second-order valence-corrected chi connectivity index (χ2v) is 43.2. The zero-order valence-corrected chi connectivity index (χ0v) is 82.9. The highest BCUT2D eigenvalue weighted by Crippen LogP contribution is 2.36. The Labute approximate surface area is 764 Å². The second-order valence-electron chi connectivity index (χ2n) is 43.2. The summed E-state index contributed by atoms with van der Waals surface area (Å²) in [5.74, 6) is 11.1. The van der Waals surface area contributed by atoms with E-state index in [0.29, 0.717) is 68.5 Å². The van der Waals surface area contributed by atoms with Gasteiger partial charge in [-0.3, -0.25) is 0 Å². The van der Waals surface area contributed by atoms with Crippen molar-refractivity contribution in [3.63, 3.8) is 0 Å². The van der Waals surface area contributed by atoms with Crippen LogP contribution in [0.5, 0.6) is 0 Å². The molecular formula is C104H202O21. The van der Waals surface area contributed by atoms with Crippen molar-refractivity contribution < 1.29 is 104 Å². The first-order valence-electron chi connectivity index (χ1n) is 52.3. The van der Waals surface area contributed by atoms with Crippen molar-refractivity contribution >= 4 is 0 Å². The monoisotopic (exact) mass is 1790 g/mol. The molecule has 0 radical (unpaired) electrons. The van der Waals surface area contributed by atoms with Crippen molar-refractivity contribution in [2.75, 3.05) is 72.7 Å². The number of hydrogen-bond donors (Lipinski definition) is 11. The molecule has 21 nitrogen and oxygen atoms in total. The maximum Gasteiger partial charge on any atom is 0.187 e. The van der Waals surface area contributed by atoms with E-state index in [4.69, 9.17) is 47.4 Å². The molecule has 4 saturated heterocycles. The first kappa shape index (κ1) is 116. The van der Waals surface area contributed by atoms with Crippen LogP contribution in [0.25, 0.3) is 0 Å². The van der Waals surface area contributed by atoms with Gasteiger partial charge in [-0.25, -0.2) is 0 Å². The van der Waals surface area contributed by atoms with Crippen molar-refractivity contribution in [1.29, 1.82) is 0 Å². The summed E-state index contributed by atoms with van der Waals surface area (Å²) in [6, 6.07) is 0. The molecule has 125 heavy (non-hydrogen) atoms. The molecule has 0 saturated carbocycles. The molecule has 4 aliphatic heterocycles. The van der Waals surface area contributed by atoms with Gasteiger partial charge in [-0.05, 0) is 120 Å². The smallest absolute Gasteiger partial charge is 0.187 e. The van der Waals surface area contributed by atoms with Crippen LogP contribution in [0.15, 0.2) is 0 Å². The van der Waals surface area contributed by atoms with E-state index in [-0.39, 0.29) is 25.9 Å². The van der Waals surface area contributed by atoms with Gasteiger partial charge in [0.25, 0.3) is 0 Å². The molecule has 2 unspecified atom stereocenters. The zero-order valence-electron chi connectivity index (χ0n) is 82.9. The van der Waals surface area contributed by atoms with E-state index >= 15 is 0 Å². The Morgan fingerprint density at radius 3 is 0.776 bits per heavy atom. The molecule has 11 N–H and O–H groups in total. The van der Waals surface area contributed by atoms with Crippen LogP contribution in [-0.2, 0) is 47.4 Å². The van der Waals surface area contributed by atoms with Gasteiger partial charge in [-0.15, -0.1) is 0 Å². The van der Waals surface area contributed by atoms with Gasteiger partial charge in [0.1, 0.15) is 85.5 Å². The molecule has 0 aromatic rings. The number of aliphatic hydroxyl groups is 11. The summed E-state index contributed by atoms with van der Waals surface area (Å²) >= 11 is 0. The summed E-state index contributed by atoms with van der Waals surface area (Å²) in [5.41, 5.74) is 0. The molecule has 0 amide bonds. The minimum Gasteiger partial charge on any atom is -0.394 e. The highest BCUT2D eigenvalue weighted by atomic mass is 16.8. The molecule has 0 spiro atoms. The average molecular weight is 1790 g/mol. The Morgan fingerprint density at radius 2 is 0.496 bits per heavy atom. The van der Waals surface area contributed by atoms with Crippen LogP contribution in [0.1, 0.15) is 393 Å². The fraction of sp³-hybridized carbons (Fsp3) is 1.00. The lowest BCUT2D eigenvalue weighted by Gasteiger charge is -2.41. The minimum absolute atomic E-state index is 0.0288. The molecule has 4 fully saturated rings. The van der Waals surface area contributed by atoms with E-state index in [1.165, 1.54) is 238 Å². The van der Waals surface area contributed by atoms with E-state index in [9.17, 15) is 56.2 Å². The molecule has 0 aliphatic carbocycles. The quantitative estimate of drug-likeness (QED) is 0.0816. The van der Waals surface area contributed by atoms with E-state index in [2.05, 4.69) is 111 Å². The third-order valence-electron chi connectivity index (χ3n) is 29.7. The van der Waals surface area contributed by atoms with Gasteiger partial charge in [0.2, 0.25) is 0 Å². The molecule has 744 valence electrons. The standard InChI is InChI=1S/C104H202O21/c1-72-29-17-33-76(5)41-25-49-84(13)57-61-116-68-88(70-120-102-97(114)95(112)99(123-102)90(108)65-105)118-63-59-86(15)51-27-43-78(7)35-19-31-74(3)39-23-47-82(11)55-56-83(12)48-24-40-75(4)32-20-36-79(8)44-28-52-87(16)60-64-119-89(71-121-104-101(98(115)100(124-104)91(109)66-106)125-103-96(113)94(111)93(110)92(67-107)122-103)69-117-62-58-85(14)50-26-42-77(6)34-18-30-73(2)38-22-46-81(10)54-53-80(9)45-21-37-72/h72-115H,17-71H2,1-16H3/t72-,73-,74-,75-,76+,77+,78+,79+,80-,81-,82-,83-,84+,85+,86+,87+,88?,89?,90-,91-,92+,93+,94-,95+,96+,97+,98-,99-,100-,101+,102+,103+,104+/m0/s1. The second kappa shape index (κ2) is 69.0. The van der Waals surface area contributed by atoms with Crippen LogP contribution in [-0.4, -0.2) is 233 Å². The summed E-state index contributed by atoms with van der Waals surface area (Å²) in [5, 5.41) is 115. The van der Waals surface area contributed by atoms with Crippen LogP contribution in [0.2, 0.25) is 0 Å². The average Bonchev–Trinajstić information content (AvgIpc) is 1.81. The van der Waals surface area contributed by atoms with Gasteiger partial charge < -0.3 is 104 Å². The first-order valence-corrected chi connectivity index (χ1v) is 52.3. The fourth-order valence-electron chi connectivity index (χ4n) is 19.7. The SMILES string of the molecule is C[C@@H]1CCC[C@H](C)CCC[C@H](C)CC[C@@H](C)CCC[C@@H](C)CCC[C@@H](C)CCC[C@@H](C)CCOCC(CO[C@@H]2O[C@@H]([C@@H](O)CO)[C@H](O)[C@H]2O[C@H]2O[C@H](CO)[C@@H](O)[C@H](O)[C@H]2O)OCC[C@H](C)CCC[C@H](C)CCC[C@H](C)CCC[C@H](C)CC[C@@H](C)CCC[C@@H](C)CCC[C@@H](C)CCC[C@@H](C)CCOC(CO[C@@H]2O[C@@H]([C@@H](O)CO)[C@H](O)[C@H]2O)COCC[C@H](C)CCC1. The van der Waals surface area contributed by atoms with E-state index in [1.807, 2.05) is 0 Å². The van der Waals surface area contributed by atoms with Crippen molar-refractivity contribution in [3.8, 4) is 0 Å².